The van der Waals surface area contributed by atoms with Crippen LogP contribution in [0.25, 0.3) is 11.1 Å². The number of aliphatic carboxylic acids is 1. The predicted octanol–water partition coefficient (Wildman–Crippen LogP) is 2.31. The summed E-state index contributed by atoms with van der Waals surface area (Å²) >= 11 is 0. The molecule has 1 saturated heterocycles. The number of carboxylic acids is 1. The zero-order valence-electron chi connectivity index (χ0n) is 17.9. The maximum Gasteiger partial charge on any atom is 0.490 e. The molecule has 2 fully saturated rings. The van der Waals surface area contributed by atoms with Gasteiger partial charge in [-0.15, -0.1) is 0 Å². The molecule has 9 nitrogen and oxygen atoms in total. The van der Waals surface area contributed by atoms with Crippen molar-refractivity contribution in [3.8, 4) is 11.1 Å². The lowest BCUT2D eigenvalue weighted by molar-refractivity contribution is -0.192. The fourth-order valence-electron chi connectivity index (χ4n) is 3.40. The quantitative estimate of drug-likeness (QED) is 0.569. The number of nitrogens with zero attached hydrogens (tertiary/aromatic N) is 4. The van der Waals surface area contributed by atoms with Crippen molar-refractivity contribution in [2.45, 2.75) is 38.4 Å². The average Bonchev–Trinajstić information content (AvgIpc) is 3.25. The Morgan fingerprint density at radius 3 is 2.24 bits per heavy atom. The number of aliphatic hydroxyl groups is 1. The van der Waals surface area contributed by atoms with Gasteiger partial charge in [-0.1, -0.05) is 0 Å². The van der Waals surface area contributed by atoms with Gasteiger partial charge in [-0.25, -0.2) is 14.8 Å². The standard InChI is InChI=1S/C19H25N5O2.C2HF3O2/c25-8-5-20-18(26)17-9-15(13-24(17)12-14-3-4-14)16-10-21-19(22-11-16)23-6-1-2-7-23;3-2(4,5)1(6)7/h9-11,13-14,25H,1-8,12H2,(H,20,26);(H,6,7). The van der Waals surface area contributed by atoms with Crippen molar-refractivity contribution in [2.24, 2.45) is 5.92 Å². The van der Waals surface area contributed by atoms with Crippen LogP contribution in [0.15, 0.2) is 24.7 Å². The molecule has 0 bridgehead atoms. The lowest BCUT2D eigenvalue weighted by Gasteiger charge is -2.14. The molecular weight excluding hydrogens is 443 g/mol. The predicted molar refractivity (Wildman–Crippen MR) is 113 cm³/mol. The van der Waals surface area contributed by atoms with Crippen molar-refractivity contribution in [3.05, 3.63) is 30.4 Å². The van der Waals surface area contributed by atoms with E-state index in [0.717, 1.165) is 36.7 Å². The van der Waals surface area contributed by atoms with E-state index >= 15 is 0 Å². The van der Waals surface area contributed by atoms with Crippen LogP contribution in [0.2, 0.25) is 0 Å². The number of carboxylic acid groups (broad SMARTS) is 1. The Hall–Kier alpha value is -3.15. The van der Waals surface area contributed by atoms with Gasteiger partial charge < -0.3 is 25.0 Å². The number of alkyl halides is 3. The topological polar surface area (TPSA) is 121 Å². The second-order valence-electron chi connectivity index (χ2n) is 7.96. The Kier molecular flexibility index (Phi) is 7.90. The molecule has 0 unspecified atom stereocenters. The highest BCUT2D eigenvalue weighted by Gasteiger charge is 2.38. The summed E-state index contributed by atoms with van der Waals surface area (Å²) in [7, 11) is 0. The molecule has 12 heteroatoms. The first kappa shape index (κ1) is 24.5. The Balaban J connectivity index is 0.000000383. The first-order valence-electron chi connectivity index (χ1n) is 10.7. The Bertz CT molecular complexity index is 952. The van der Waals surface area contributed by atoms with E-state index < -0.39 is 12.1 Å². The van der Waals surface area contributed by atoms with Crippen LogP contribution < -0.4 is 10.2 Å². The molecule has 2 aromatic heterocycles. The highest BCUT2D eigenvalue weighted by Crippen LogP contribution is 2.32. The van der Waals surface area contributed by atoms with Gasteiger partial charge in [0.25, 0.3) is 5.91 Å². The minimum atomic E-state index is -5.08. The zero-order chi connectivity index (χ0) is 24.0. The van der Waals surface area contributed by atoms with Crippen LogP contribution in [0.3, 0.4) is 0 Å². The van der Waals surface area contributed by atoms with E-state index in [9.17, 15) is 18.0 Å². The van der Waals surface area contributed by atoms with Crippen LogP contribution in [0.4, 0.5) is 19.1 Å². The van der Waals surface area contributed by atoms with Crippen molar-refractivity contribution in [1.29, 1.82) is 0 Å². The first-order valence-corrected chi connectivity index (χ1v) is 10.7. The summed E-state index contributed by atoms with van der Waals surface area (Å²) in [4.78, 5) is 32.5. The smallest absolute Gasteiger partial charge is 0.475 e. The van der Waals surface area contributed by atoms with E-state index in [2.05, 4.69) is 20.2 Å². The summed E-state index contributed by atoms with van der Waals surface area (Å²) in [5.41, 5.74) is 2.50. The van der Waals surface area contributed by atoms with Gasteiger partial charge in [-0.2, -0.15) is 13.2 Å². The Morgan fingerprint density at radius 2 is 1.73 bits per heavy atom. The number of aliphatic hydroxyl groups excluding tert-OH is 1. The van der Waals surface area contributed by atoms with Crippen molar-refractivity contribution >= 4 is 17.8 Å². The maximum absolute atomic E-state index is 12.4. The van der Waals surface area contributed by atoms with Crippen LogP contribution in [0.5, 0.6) is 0 Å². The molecule has 0 spiro atoms. The highest BCUT2D eigenvalue weighted by molar-refractivity contribution is 5.94. The fourth-order valence-corrected chi connectivity index (χ4v) is 3.40. The molecule has 1 aliphatic carbocycles. The van der Waals surface area contributed by atoms with Crippen molar-refractivity contribution in [1.82, 2.24) is 19.9 Å². The van der Waals surface area contributed by atoms with Gasteiger partial charge in [0.05, 0.1) is 6.61 Å². The Morgan fingerprint density at radius 1 is 1.12 bits per heavy atom. The summed E-state index contributed by atoms with van der Waals surface area (Å²) in [6.07, 6.45) is 5.45. The van der Waals surface area contributed by atoms with E-state index in [0.29, 0.717) is 11.6 Å². The van der Waals surface area contributed by atoms with Gasteiger partial charge in [-0.3, -0.25) is 4.79 Å². The monoisotopic (exact) mass is 469 g/mol. The van der Waals surface area contributed by atoms with Crippen molar-refractivity contribution < 1.29 is 33.0 Å². The number of nitrogens with one attached hydrogen (secondary N) is 1. The third-order valence-corrected chi connectivity index (χ3v) is 5.28. The van der Waals surface area contributed by atoms with Crippen LogP contribution in [-0.4, -0.2) is 69.0 Å². The molecular formula is C21H26F3N5O4. The first-order chi connectivity index (χ1) is 15.7. The van der Waals surface area contributed by atoms with Gasteiger partial charge in [-0.05, 0) is 37.7 Å². The molecule has 0 atom stereocenters. The number of rotatable bonds is 7. The summed E-state index contributed by atoms with van der Waals surface area (Å²) in [6, 6.07) is 1.89. The number of hydrogen-bond acceptors (Lipinski definition) is 6. The molecule has 1 aliphatic heterocycles. The largest absolute Gasteiger partial charge is 0.490 e. The van der Waals surface area contributed by atoms with Gasteiger partial charge in [0.15, 0.2) is 0 Å². The number of aromatic nitrogens is 3. The maximum atomic E-state index is 12.4. The minimum absolute atomic E-state index is 0.0618. The third-order valence-electron chi connectivity index (χ3n) is 5.28. The van der Waals surface area contributed by atoms with Gasteiger partial charge in [0.2, 0.25) is 5.95 Å². The zero-order valence-corrected chi connectivity index (χ0v) is 17.9. The summed E-state index contributed by atoms with van der Waals surface area (Å²) in [6.45, 7) is 3.09. The molecule has 4 rings (SSSR count). The SMILES string of the molecule is O=C(NCCO)c1cc(-c2cnc(N3CCCC3)nc2)cn1CC1CC1.O=C(O)C(F)(F)F. The second kappa shape index (κ2) is 10.6. The van der Waals surface area contributed by atoms with Gasteiger partial charge in [0.1, 0.15) is 5.69 Å². The number of carbonyl (C=O) groups is 2. The fraction of sp³-hybridized carbons (Fsp3) is 0.524. The molecule has 2 aromatic rings. The third kappa shape index (κ3) is 6.91. The molecule has 3 heterocycles. The van der Waals surface area contributed by atoms with E-state index in [-0.39, 0.29) is 19.1 Å². The molecule has 33 heavy (non-hydrogen) atoms. The van der Waals surface area contributed by atoms with Crippen LogP contribution in [0, 0.1) is 5.92 Å². The molecule has 0 aromatic carbocycles. The molecule has 1 saturated carbocycles. The van der Waals surface area contributed by atoms with E-state index in [1.807, 2.05) is 29.2 Å². The number of halogens is 3. The van der Waals surface area contributed by atoms with Crippen molar-refractivity contribution in [3.63, 3.8) is 0 Å². The average molecular weight is 469 g/mol. The number of carbonyl (C=O) groups excluding carboxylic acids is 1. The number of hydrogen-bond donors (Lipinski definition) is 3. The highest BCUT2D eigenvalue weighted by atomic mass is 19.4. The normalized spacial score (nSPS) is 15.7. The van der Waals surface area contributed by atoms with Crippen LogP contribution in [0.1, 0.15) is 36.2 Å². The second-order valence-corrected chi connectivity index (χ2v) is 7.96. The number of anilines is 1. The van der Waals surface area contributed by atoms with E-state index in [1.54, 1.807) is 0 Å². The van der Waals surface area contributed by atoms with Crippen LogP contribution >= 0.6 is 0 Å². The Labute approximate surface area is 188 Å². The van der Waals surface area contributed by atoms with Gasteiger partial charge >= 0.3 is 12.1 Å². The summed E-state index contributed by atoms with van der Waals surface area (Å²) in [5, 5.41) is 18.8. The molecule has 180 valence electrons. The van der Waals surface area contributed by atoms with Crippen molar-refractivity contribution in [2.75, 3.05) is 31.1 Å². The number of amides is 1. The lowest BCUT2D eigenvalue weighted by Crippen LogP contribution is -2.28. The molecule has 2 aliphatic rings. The van der Waals surface area contributed by atoms with Crippen LogP contribution in [-0.2, 0) is 11.3 Å². The molecule has 1 amide bonds. The summed E-state index contributed by atoms with van der Waals surface area (Å²) < 4.78 is 33.8. The van der Waals surface area contributed by atoms with E-state index in [1.165, 1.54) is 25.7 Å². The molecule has 3 N–H and O–H groups in total. The summed E-state index contributed by atoms with van der Waals surface area (Å²) in [5.74, 6) is -1.47. The molecule has 0 radical (unpaired) electrons. The minimum Gasteiger partial charge on any atom is -0.475 e. The lowest BCUT2D eigenvalue weighted by atomic mass is 10.2. The van der Waals surface area contributed by atoms with Gasteiger partial charge in [0, 0.05) is 55.9 Å². The van der Waals surface area contributed by atoms with E-state index in [4.69, 9.17) is 15.0 Å².